The lowest BCUT2D eigenvalue weighted by Gasteiger charge is -2.29. The molecule has 23 N–H and O–H groups in total. The monoisotopic (exact) mass is 1170 g/mol. The summed E-state index contributed by atoms with van der Waals surface area (Å²) >= 11 is 0. The molecule has 1 aliphatic heterocycles. The van der Waals surface area contributed by atoms with E-state index in [1.54, 1.807) is 27.7 Å². The number of rotatable bonds is 29. The molecular weight excluding hydrogens is 1070 g/mol. The van der Waals surface area contributed by atoms with Gasteiger partial charge in [0.15, 0.2) is 0 Å². The summed E-state index contributed by atoms with van der Waals surface area (Å²) in [7, 11) is 0. The highest BCUT2D eigenvalue weighted by Crippen LogP contribution is 2.14. The lowest BCUT2D eigenvalue weighted by Crippen LogP contribution is -2.62. The molecule has 1 rings (SSSR count). The van der Waals surface area contributed by atoms with Crippen LogP contribution in [0.1, 0.15) is 139 Å². The average Bonchev–Trinajstić information content (AvgIpc) is 3.41. The fourth-order valence-corrected chi connectivity index (χ4v) is 8.76. The molecule has 1 aliphatic rings. The van der Waals surface area contributed by atoms with Crippen molar-refractivity contribution in [2.24, 2.45) is 46.4 Å². The van der Waals surface area contributed by atoms with E-state index in [4.69, 9.17) is 28.7 Å². The molecular formula is C53H100N16O13. The van der Waals surface area contributed by atoms with Crippen LogP contribution in [-0.4, -0.2) is 187 Å². The summed E-state index contributed by atoms with van der Waals surface area (Å²) in [5, 5.41) is 49.5. The van der Waals surface area contributed by atoms with Gasteiger partial charge in [-0.15, -0.1) is 0 Å². The Morgan fingerprint density at radius 3 is 1.39 bits per heavy atom. The van der Waals surface area contributed by atoms with Gasteiger partial charge >= 0.3 is 0 Å². The van der Waals surface area contributed by atoms with Gasteiger partial charge in [0.25, 0.3) is 0 Å². The molecule has 1 fully saturated rings. The summed E-state index contributed by atoms with van der Waals surface area (Å²) in [4.78, 5) is 153. The van der Waals surface area contributed by atoms with Gasteiger partial charge < -0.3 is 97.4 Å². The van der Waals surface area contributed by atoms with Gasteiger partial charge in [-0.05, 0) is 122 Å². The molecule has 29 heteroatoms. The van der Waals surface area contributed by atoms with E-state index < -0.39 is 151 Å². The minimum Gasteiger partial charge on any atom is -0.391 e. The van der Waals surface area contributed by atoms with Gasteiger partial charge in [0.05, 0.1) is 12.2 Å². The maximum Gasteiger partial charge on any atom is 0.245 e. The fraction of sp³-hybridized carbons (Fsp3) is 0.792. The Labute approximate surface area is 482 Å². The molecule has 29 nitrogen and oxygen atoms in total. The number of unbranched alkanes of at least 4 members (excludes halogenated alkanes) is 1. The standard InChI is InChI=1S/C53H100N16O13/c1-9-30(6)12-10-11-13-41(72)60-33(14-20-54)48(77)69-43(32(8)71)53(82)65-36(17-23-57)45(74)64-38-19-25-59-52(81)42(31(7)70)68-49(78)37(18-24-58)62-44(73)34(15-21-55)63-50(79)39(26-28(2)3)67-51(80)40(27-29(4)5)66-46(75)35(16-22-56)61-47(38)76/h28-40,42-43,70-71H,9-27,54-58H2,1-8H3,(H,59,81)(H,60,72)(H,61,76)(H,62,73)(H,63,79)(H,64,74)(H,65,82)(H,66,75)(H,67,80)(H,68,78)(H,69,77)/t30?,31-,32-,33+,34+,35+,36+,37-,38+,39+,40-,42?,43+/m1/s1. The molecule has 0 bridgehead atoms. The highest BCUT2D eigenvalue weighted by Gasteiger charge is 2.37. The summed E-state index contributed by atoms with van der Waals surface area (Å²) in [5.74, 6) is -9.49. The van der Waals surface area contributed by atoms with Gasteiger partial charge in [0.2, 0.25) is 65.0 Å². The van der Waals surface area contributed by atoms with E-state index >= 15 is 0 Å². The highest BCUT2D eigenvalue weighted by molar-refractivity contribution is 5.99. The molecule has 1 heterocycles. The fourth-order valence-electron chi connectivity index (χ4n) is 8.76. The Morgan fingerprint density at radius 2 is 0.963 bits per heavy atom. The van der Waals surface area contributed by atoms with Crippen LogP contribution in [0, 0.1) is 17.8 Å². The van der Waals surface area contributed by atoms with Gasteiger partial charge in [-0.25, -0.2) is 0 Å². The molecule has 0 spiro atoms. The SMILES string of the molecule is CCC(C)CCCCC(=O)N[C@@H](CCN)C(=O)N[C@H](C(=O)N[C@@H](CCN)C(=O)N[C@H]1CCNC(=O)C([C@@H](C)O)NC(=O)[C@@H](CCN)NC(=O)[C@H](CCN)NC(=O)[C@H](CC(C)C)NC(=O)[C@@H](CC(C)C)NC(=O)[C@H](CCN)NC1=O)[C@@H](C)O. The second-order valence-electron chi connectivity index (χ2n) is 22.0. The molecule has 82 heavy (non-hydrogen) atoms. The number of amides is 11. The molecule has 470 valence electrons. The number of aliphatic hydroxyl groups excluding tert-OH is 2. The Morgan fingerprint density at radius 1 is 0.524 bits per heavy atom. The minimum absolute atomic E-state index is 0.0131. The maximum atomic E-state index is 14.4. The predicted octanol–water partition coefficient (Wildman–Crippen LogP) is -5.44. The number of carbonyl (C=O) groups excluding carboxylic acids is 11. The smallest absolute Gasteiger partial charge is 0.245 e. The van der Waals surface area contributed by atoms with Gasteiger partial charge in [-0.2, -0.15) is 0 Å². The van der Waals surface area contributed by atoms with Crippen LogP contribution in [-0.2, 0) is 52.7 Å². The molecule has 0 aromatic heterocycles. The van der Waals surface area contributed by atoms with Crippen molar-refractivity contribution in [2.75, 3.05) is 39.3 Å². The highest BCUT2D eigenvalue weighted by atomic mass is 16.3. The summed E-state index contributed by atoms with van der Waals surface area (Å²) in [6.45, 7) is 12.6. The van der Waals surface area contributed by atoms with Crippen molar-refractivity contribution >= 4 is 65.0 Å². The zero-order valence-electron chi connectivity index (χ0n) is 49.4. The number of hydrogen-bond acceptors (Lipinski definition) is 18. The summed E-state index contributed by atoms with van der Waals surface area (Å²) in [5.41, 5.74) is 29.2. The first-order valence-corrected chi connectivity index (χ1v) is 28.8. The molecule has 1 saturated heterocycles. The van der Waals surface area contributed by atoms with E-state index in [-0.39, 0.29) is 95.9 Å². The Balaban J connectivity index is 3.81. The van der Waals surface area contributed by atoms with E-state index in [0.717, 1.165) is 19.3 Å². The lowest BCUT2D eigenvalue weighted by atomic mass is 9.99. The van der Waals surface area contributed by atoms with Gasteiger partial charge in [-0.3, -0.25) is 52.7 Å². The van der Waals surface area contributed by atoms with Crippen LogP contribution < -0.4 is 87.2 Å². The van der Waals surface area contributed by atoms with Gasteiger partial charge in [-0.1, -0.05) is 60.8 Å². The third kappa shape index (κ3) is 27.3. The van der Waals surface area contributed by atoms with Crippen molar-refractivity contribution in [3.05, 3.63) is 0 Å². The van der Waals surface area contributed by atoms with E-state index in [1.807, 2.05) is 0 Å². The Hall–Kier alpha value is -6.11. The molecule has 0 radical (unpaired) electrons. The van der Waals surface area contributed by atoms with Crippen molar-refractivity contribution in [2.45, 2.75) is 211 Å². The van der Waals surface area contributed by atoms with Gasteiger partial charge in [0.1, 0.15) is 60.4 Å². The number of aliphatic hydroxyl groups is 2. The zero-order chi connectivity index (χ0) is 62.2. The maximum absolute atomic E-state index is 14.4. The number of nitrogens with one attached hydrogen (secondary N) is 11. The summed E-state index contributed by atoms with van der Waals surface area (Å²) in [6, 6.07) is -14.5. The first kappa shape index (κ1) is 73.9. The van der Waals surface area contributed by atoms with E-state index in [2.05, 4.69) is 72.3 Å². The quantitative estimate of drug-likeness (QED) is 0.0311. The van der Waals surface area contributed by atoms with Crippen LogP contribution in [0.5, 0.6) is 0 Å². The second-order valence-corrected chi connectivity index (χ2v) is 22.0. The zero-order valence-corrected chi connectivity index (χ0v) is 49.4. The summed E-state index contributed by atoms with van der Waals surface area (Å²) in [6.07, 6.45) is -0.760. The third-order valence-electron chi connectivity index (χ3n) is 13.7. The molecule has 13 atom stereocenters. The van der Waals surface area contributed by atoms with Crippen molar-refractivity contribution < 1.29 is 63.0 Å². The first-order chi connectivity index (χ1) is 38.7. The van der Waals surface area contributed by atoms with E-state index in [1.165, 1.54) is 13.8 Å². The Bertz CT molecular complexity index is 2070. The van der Waals surface area contributed by atoms with Crippen LogP contribution in [0.2, 0.25) is 0 Å². The average molecular weight is 1170 g/mol. The molecule has 0 aliphatic carbocycles. The number of carbonyl (C=O) groups is 11. The van der Waals surface area contributed by atoms with Gasteiger partial charge in [0, 0.05) is 13.0 Å². The third-order valence-corrected chi connectivity index (χ3v) is 13.7. The normalized spacial score (nSPS) is 23.4. The van der Waals surface area contributed by atoms with Crippen LogP contribution >= 0.6 is 0 Å². The molecule has 0 aromatic carbocycles. The molecule has 11 amide bonds. The summed E-state index contributed by atoms with van der Waals surface area (Å²) < 4.78 is 0. The van der Waals surface area contributed by atoms with Crippen LogP contribution in [0.25, 0.3) is 0 Å². The van der Waals surface area contributed by atoms with Crippen LogP contribution in [0.4, 0.5) is 0 Å². The molecule has 0 saturated carbocycles. The molecule has 0 aromatic rings. The van der Waals surface area contributed by atoms with Crippen molar-refractivity contribution in [3.8, 4) is 0 Å². The minimum atomic E-state index is -1.69. The van der Waals surface area contributed by atoms with E-state index in [0.29, 0.717) is 12.3 Å². The van der Waals surface area contributed by atoms with Crippen molar-refractivity contribution in [1.29, 1.82) is 0 Å². The topological polar surface area (TPSA) is 491 Å². The largest absolute Gasteiger partial charge is 0.391 e. The first-order valence-electron chi connectivity index (χ1n) is 28.8. The van der Waals surface area contributed by atoms with Crippen molar-refractivity contribution in [1.82, 2.24) is 58.5 Å². The predicted molar refractivity (Wildman–Crippen MR) is 305 cm³/mol. The number of nitrogens with two attached hydrogens (primary N) is 5. The van der Waals surface area contributed by atoms with E-state index in [9.17, 15) is 63.0 Å². The lowest BCUT2D eigenvalue weighted by molar-refractivity contribution is -0.137. The Kier molecular flexibility index (Phi) is 35.5. The number of hydrogen-bond donors (Lipinski definition) is 18. The van der Waals surface area contributed by atoms with Crippen molar-refractivity contribution in [3.63, 3.8) is 0 Å². The van der Waals surface area contributed by atoms with Crippen LogP contribution in [0.3, 0.4) is 0 Å². The second kappa shape index (κ2) is 39.4. The molecule has 2 unspecified atom stereocenters. The van der Waals surface area contributed by atoms with Crippen LogP contribution in [0.15, 0.2) is 0 Å².